The molecule has 1 unspecified atom stereocenters. The number of rotatable bonds is 0. The lowest BCUT2D eigenvalue weighted by Crippen LogP contribution is -2.04. The molecule has 0 saturated carbocycles. The van der Waals surface area contributed by atoms with Crippen LogP contribution in [0.4, 0.5) is 0 Å². The third-order valence-electron chi connectivity index (χ3n) is 2.77. The van der Waals surface area contributed by atoms with Gasteiger partial charge in [-0.3, -0.25) is 0 Å². The summed E-state index contributed by atoms with van der Waals surface area (Å²) in [5.41, 5.74) is 4.65. The zero-order valence-electron chi connectivity index (χ0n) is 7.22. The highest BCUT2D eigenvalue weighted by atomic mass is 14.2. The molecule has 0 aromatic heterocycles. The van der Waals surface area contributed by atoms with Crippen molar-refractivity contribution in [1.82, 2.24) is 0 Å². The summed E-state index contributed by atoms with van der Waals surface area (Å²) in [7, 11) is 0. The van der Waals surface area contributed by atoms with E-state index in [1.54, 1.807) is 5.57 Å². The Morgan fingerprint density at radius 3 is 3.00 bits per heavy atom. The first-order chi connectivity index (χ1) is 5.29. The maximum absolute atomic E-state index is 2.36. The van der Waals surface area contributed by atoms with Crippen molar-refractivity contribution >= 4 is 0 Å². The minimum absolute atomic E-state index is 0.781. The summed E-state index contributed by atoms with van der Waals surface area (Å²) in [6.07, 6.45) is 9.36. The van der Waals surface area contributed by atoms with Crippen molar-refractivity contribution in [3.8, 4) is 0 Å². The van der Waals surface area contributed by atoms with Crippen LogP contribution in [0.15, 0.2) is 34.9 Å². The highest BCUT2D eigenvalue weighted by Crippen LogP contribution is 2.36. The molecule has 2 aliphatic carbocycles. The molecule has 2 aliphatic rings. The molecule has 0 spiro atoms. The van der Waals surface area contributed by atoms with Crippen molar-refractivity contribution in [2.24, 2.45) is 5.92 Å². The van der Waals surface area contributed by atoms with Crippen LogP contribution in [-0.2, 0) is 0 Å². The summed E-state index contributed by atoms with van der Waals surface area (Å²) in [4.78, 5) is 0. The fourth-order valence-corrected chi connectivity index (χ4v) is 1.98. The molecule has 11 heavy (non-hydrogen) atoms. The molecule has 0 aliphatic heterocycles. The zero-order chi connectivity index (χ0) is 7.84. The van der Waals surface area contributed by atoms with Gasteiger partial charge in [-0.15, -0.1) is 0 Å². The van der Waals surface area contributed by atoms with E-state index in [-0.39, 0.29) is 0 Å². The zero-order valence-corrected chi connectivity index (χ0v) is 7.22. The molecule has 0 heteroatoms. The third kappa shape index (κ3) is 0.973. The van der Waals surface area contributed by atoms with E-state index in [0.717, 1.165) is 5.92 Å². The smallest absolute Gasteiger partial charge is 0.0124 e. The van der Waals surface area contributed by atoms with Crippen LogP contribution >= 0.6 is 0 Å². The van der Waals surface area contributed by atoms with Gasteiger partial charge in [-0.05, 0) is 36.8 Å². The Bertz CT molecular complexity index is 264. The van der Waals surface area contributed by atoms with E-state index in [1.807, 2.05) is 0 Å². The Kier molecular flexibility index (Phi) is 1.49. The van der Waals surface area contributed by atoms with Crippen LogP contribution in [0.5, 0.6) is 0 Å². The van der Waals surface area contributed by atoms with Crippen LogP contribution in [0.3, 0.4) is 0 Å². The monoisotopic (exact) mass is 146 g/mol. The van der Waals surface area contributed by atoms with Crippen molar-refractivity contribution in [3.05, 3.63) is 34.9 Å². The largest absolute Gasteiger partial charge is 0.0804 e. The Labute approximate surface area is 68.3 Å². The van der Waals surface area contributed by atoms with Gasteiger partial charge < -0.3 is 0 Å². The molecule has 0 radical (unpaired) electrons. The van der Waals surface area contributed by atoms with Crippen LogP contribution < -0.4 is 0 Å². The number of allylic oxidation sites excluding steroid dienone is 6. The second-order valence-corrected chi connectivity index (χ2v) is 3.57. The standard InChI is InChI=1S/C11H14/c1-8-6-7-9(2)11-5-3-4-10(8)11/h3-4,6,9H,5,7H2,1-2H3. The van der Waals surface area contributed by atoms with Crippen molar-refractivity contribution in [3.63, 3.8) is 0 Å². The highest BCUT2D eigenvalue weighted by molar-refractivity contribution is 5.50. The Balaban J connectivity index is 2.41. The van der Waals surface area contributed by atoms with E-state index < -0.39 is 0 Å². The lowest BCUT2D eigenvalue weighted by Gasteiger charge is -2.19. The van der Waals surface area contributed by atoms with Crippen molar-refractivity contribution in [2.75, 3.05) is 0 Å². The molecule has 0 nitrogen and oxygen atoms in total. The van der Waals surface area contributed by atoms with Crippen molar-refractivity contribution in [1.29, 1.82) is 0 Å². The SMILES string of the molecule is CC1=CCC(C)C2=C1C=CC2. The fourth-order valence-electron chi connectivity index (χ4n) is 1.98. The van der Waals surface area contributed by atoms with Gasteiger partial charge in [0.05, 0.1) is 0 Å². The second-order valence-electron chi connectivity index (χ2n) is 3.57. The van der Waals surface area contributed by atoms with Gasteiger partial charge in [0.2, 0.25) is 0 Å². The average molecular weight is 146 g/mol. The van der Waals surface area contributed by atoms with Gasteiger partial charge in [-0.1, -0.05) is 30.7 Å². The van der Waals surface area contributed by atoms with Gasteiger partial charge in [0.1, 0.15) is 0 Å². The molecule has 0 aromatic carbocycles. The van der Waals surface area contributed by atoms with E-state index in [2.05, 4.69) is 32.1 Å². The van der Waals surface area contributed by atoms with E-state index in [9.17, 15) is 0 Å². The molecule has 0 saturated heterocycles. The maximum atomic E-state index is 2.36. The molecular formula is C11H14. The summed E-state index contributed by atoms with van der Waals surface area (Å²) in [5.74, 6) is 0.781. The lowest BCUT2D eigenvalue weighted by molar-refractivity contribution is 0.665. The van der Waals surface area contributed by atoms with Gasteiger partial charge in [0.15, 0.2) is 0 Å². The maximum Gasteiger partial charge on any atom is -0.0124 e. The molecular weight excluding hydrogens is 132 g/mol. The first kappa shape index (κ1) is 6.90. The minimum atomic E-state index is 0.781. The van der Waals surface area contributed by atoms with Gasteiger partial charge >= 0.3 is 0 Å². The summed E-state index contributed by atoms with van der Waals surface area (Å²) in [5, 5.41) is 0. The van der Waals surface area contributed by atoms with Crippen molar-refractivity contribution < 1.29 is 0 Å². The highest BCUT2D eigenvalue weighted by Gasteiger charge is 2.19. The molecule has 0 heterocycles. The Morgan fingerprint density at radius 1 is 1.45 bits per heavy atom. The molecule has 58 valence electrons. The predicted molar refractivity (Wildman–Crippen MR) is 48.3 cm³/mol. The van der Waals surface area contributed by atoms with E-state index in [4.69, 9.17) is 0 Å². The molecule has 1 atom stereocenters. The molecule has 0 fully saturated rings. The van der Waals surface area contributed by atoms with Crippen LogP contribution in [0, 0.1) is 5.92 Å². The van der Waals surface area contributed by atoms with Gasteiger partial charge in [0, 0.05) is 0 Å². The van der Waals surface area contributed by atoms with Crippen LogP contribution in [0.1, 0.15) is 26.7 Å². The summed E-state index contributed by atoms with van der Waals surface area (Å²) >= 11 is 0. The summed E-state index contributed by atoms with van der Waals surface area (Å²) < 4.78 is 0. The van der Waals surface area contributed by atoms with Gasteiger partial charge in [0.25, 0.3) is 0 Å². The number of hydrogen-bond acceptors (Lipinski definition) is 0. The Hall–Kier alpha value is -0.780. The Morgan fingerprint density at radius 2 is 2.27 bits per heavy atom. The summed E-state index contributed by atoms with van der Waals surface area (Å²) in [6, 6.07) is 0. The average Bonchev–Trinajstić information content (AvgIpc) is 2.45. The molecule has 0 aromatic rings. The molecule has 0 N–H and O–H groups in total. The molecule has 0 amide bonds. The third-order valence-corrected chi connectivity index (χ3v) is 2.77. The van der Waals surface area contributed by atoms with E-state index >= 15 is 0 Å². The predicted octanol–water partition coefficient (Wildman–Crippen LogP) is 3.23. The molecule has 2 rings (SSSR count). The van der Waals surface area contributed by atoms with E-state index in [1.165, 1.54) is 24.0 Å². The fraction of sp³-hybridized carbons (Fsp3) is 0.455. The number of hydrogen-bond donors (Lipinski definition) is 0. The second kappa shape index (κ2) is 2.37. The quantitative estimate of drug-likeness (QED) is 0.492. The normalized spacial score (nSPS) is 28.9. The molecule has 0 bridgehead atoms. The lowest BCUT2D eigenvalue weighted by atomic mass is 9.86. The first-order valence-corrected chi connectivity index (χ1v) is 4.36. The minimum Gasteiger partial charge on any atom is -0.0804 e. The van der Waals surface area contributed by atoms with Crippen LogP contribution in [0.2, 0.25) is 0 Å². The van der Waals surface area contributed by atoms with Crippen LogP contribution in [0.25, 0.3) is 0 Å². The van der Waals surface area contributed by atoms with Crippen LogP contribution in [-0.4, -0.2) is 0 Å². The van der Waals surface area contributed by atoms with E-state index in [0.29, 0.717) is 0 Å². The van der Waals surface area contributed by atoms with Gasteiger partial charge in [-0.2, -0.15) is 0 Å². The van der Waals surface area contributed by atoms with Gasteiger partial charge in [-0.25, -0.2) is 0 Å². The van der Waals surface area contributed by atoms with Crippen molar-refractivity contribution in [2.45, 2.75) is 26.7 Å². The first-order valence-electron chi connectivity index (χ1n) is 4.36. The topological polar surface area (TPSA) is 0 Å². The summed E-state index contributed by atoms with van der Waals surface area (Å²) in [6.45, 7) is 4.54.